The number of hydrogen-bond acceptors (Lipinski definition) is 6. The Morgan fingerprint density at radius 1 is 0.613 bits per heavy atom. The van der Waals surface area contributed by atoms with Crippen LogP contribution in [0.1, 0.15) is 20.7 Å². The zero-order valence-corrected chi connectivity index (χ0v) is 15.9. The number of rotatable bonds is 5. The van der Waals surface area contributed by atoms with Gasteiger partial charge in [-0.05, 0) is 30.3 Å². The average molecular weight is 413 g/mol. The van der Waals surface area contributed by atoms with Crippen LogP contribution in [0.5, 0.6) is 5.75 Å². The Hall–Kier alpha value is -4.59. The van der Waals surface area contributed by atoms with Gasteiger partial charge in [0.1, 0.15) is 5.75 Å². The molecule has 3 aromatic carbocycles. The predicted molar refractivity (Wildman–Crippen MR) is 112 cm³/mol. The second-order valence-corrected chi connectivity index (χ2v) is 6.60. The first kappa shape index (κ1) is 19.7. The highest BCUT2D eigenvalue weighted by molar-refractivity contribution is 5.95. The zero-order valence-electron chi connectivity index (χ0n) is 15.9. The van der Waals surface area contributed by atoms with Gasteiger partial charge in [-0.25, -0.2) is 24.5 Å². The quantitative estimate of drug-likeness (QED) is 0.447. The Morgan fingerprint density at radius 2 is 1.13 bits per heavy atom. The molecule has 8 nitrogen and oxygen atoms in total. The number of para-hydroxylation sites is 1. The summed E-state index contributed by atoms with van der Waals surface area (Å²) in [5.74, 6) is -2.05. The molecule has 0 aliphatic heterocycles. The molecule has 31 heavy (non-hydrogen) atoms. The maximum Gasteiger partial charge on any atom is 0.335 e. The van der Waals surface area contributed by atoms with E-state index in [-0.39, 0.29) is 34.1 Å². The first-order valence-electron chi connectivity index (χ1n) is 9.14. The van der Waals surface area contributed by atoms with E-state index in [2.05, 4.69) is 15.0 Å². The summed E-state index contributed by atoms with van der Waals surface area (Å²) >= 11 is 0. The van der Waals surface area contributed by atoms with Crippen LogP contribution in [0.2, 0.25) is 0 Å². The number of aromatic carboxylic acids is 2. The van der Waals surface area contributed by atoms with E-state index in [4.69, 9.17) is 0 Å². The maximum absolute atomic E-state index is 11.5. The number of carboxylic acids is 2. The first-order chi connectivity index (χ1) is 14.9. The summed E-state index contributed by atoms with van der Waals surface area (Å²) in [4.78, 5) is 36.3. The van der Waals surface area contributed by atoms with Gasteiger partial charge in [-0.3, -0.25) is 0 Å². The van der Waals surface area contributed by atoms with Crippen molar-refractivity contribution in [3.8, 4) is 39.9 Å². The molecule has 8 heteroatoms. The van der Waals surface area contributed by atoms with Gasteiger partial charge in [0.15, 0.2) is 17.5 Å². The minimum absolute atomic E-state index is 0.0378. The Labute approximate surface area is 176 Å². The van der Waals surface area contributed by atoms with Gasteiger partial charge in [-0.1, -0.05) is 42.5 Å². The van der Waals surface area contributed by atoms with Gasteiger partial charge in [0, 0.05) is 11.1 Å². The van der Waals surface area contributed by atoms with Crippen LogP contribution >= 0.6 is 0 Å². The van der Waals surface area contributed by atoms with Gasteiger partial charge in [-0.15, -0.1) is 0 Å². The fourth-order valence-electron chi connectivity index (χ4n) is 3.01. The van der Waals surface area contributed by atoms with Crippen molar-refractivity contribution in [2.24, 2.45) is 0 Å². The SMILES string of the molecule is O=C(O)c1cc(C(=O)O)cc(-c2nc(-c3ccccc3)nc(-c3ccccc3O)n2)c1. The van der Waals surface area contributed by atoms with Crippen molar-refractivity contribution in [1.82, 2.24) is 15.0 Å². The predicted octanol–water partition coefficient (Wildman–Crippen LogP) is 3.97. The summed E-state index contributed by atoms with van der Waals surface area (Å²) in [5, 5.41) is 29.0. The molecule has 0 fully saturated rings. The van der Waals surface area contributed by atoms with Crippen LogP contribution in [-0.2, 0) is 0 Å². The molecule has 1 heterocycles. The molecule has 0 amide bonds. The number of nitrogens with zero attached hydrogens (tertiary/aromatic N) is 3. The van der Waals surface area contributed by atoms with E-state index in [0.717, 1.165) is 6.07 Å². The topological polar surface area (TPSA) is 134 Å². The monoisotopic (exact) mass is 413 g/mol. The molecule has 0 bridgehead atoms. The molecule has 3 N–H and O–H groups in total. The molecule has 0 aliphatic rings. The van der Waals surface area contributed by atoms with E-state index in [0.29, 0.717) is 17.0 Å². The van der Waals surface area contributed by atoms with Crippen molar-refractivity contribution in [2.45, 2.75) is 0 Å². The number of carboxylic acid groups (broad SMARTS) is 2. The fourth-order valence-corrected chi connectivity index (χ4v) is 3.01. The third-order valence-electron chi connectivity index (χ3n) is 4.50. The second-order valence-electron chi connectivity index (χ2n) is 6.60. The summed E-state index contributed by atoms with van der Waals surface area (Å²) in [5.41, 5.74) is 0.821. The number of carbonyl (C=O) groups is 2. The lowest BCUT2D eigenvalue weighted by atomic mass is 10.0. The Kier molecular flexibility index (Phi) is 5.11. The molecule has 0 saturated heterocycles. The molecule has 0 radical (unpaired) electrons. The smallest absolute Gasteiger partial charge is 0.335 e. The van der Waals surface area contributed by atoms with E-state index in [1.807, 2.05) is 18.2 Å². The second kappa shape index (κ2) is 8.03. The number of hydrogen-bond donors (Lipinski definition) is 3. The number of aromatic hydroxyl groups is 1. The maximum atomic E-state index is 11.5. The third-order valence-corrected chi connectivity index (χ3v) is 4.50. The van der Waals surface area contributed by atoms with Crippen LogP contribution in [0.15, 0.2) is 72.8 Å². The van der Waals surface area contributed by atoms with Gasteiger partial charge in [0.25, 0.3) is 0 Å². The summed E-state index contributed by atoms with van der Waals surface area (Å²) in [6.45, 7) is 0. The van der Waals surface area contributed by atoms with Crippen LogP contribution < -0.4 is 0 Å². The minimum atomic E-state index is -1.28. The van der Waals surface area contributed by atoms with Crippen molar-refractivity contribution < 1.29 is 24.9 Å². The Balaban J connectivity index is 1.98. The van der Waals surface area contributed by atoms with Gasteiger partial charge < -0.3 is 15.3 Å². The molecule has 0 unspecified atom stereocenters. The molecule has 0 saturated carbocycles. The number of phenols is 1. The van der Waals surface area contributed by atoms with Gasteiger partial charge in [0.2, 0.25) is 0 Å². The molecule has 0 aliphatic carbocycles. The summed E-state index contributed by atoms with van der Waals surface area (Å²) in [7, 11) is 0. The highest BCUT2D eigenvalue weighted by Gasteiger charge is 2.17. The van der Waals surface area contributed by atoms with Crippen molar-refractivity contribution in [2.75, 3.05) is 0 Å². The Bertz CT molecular complexity index is 1270. The van der Waals surface area contributed by atoms with E-state index in [1.54, 1.807) is 30.3 Å². The van der Waals surface area contributed by atoms with Crippen LogP contribution in [0.25, 0.3) is 34.2 Å². The van der Waals surface area contributed by atoms with Gasteiger partial charge in [-0.2, -0.15) is 0 Å². The lowest BCUT2D eigenvalue weighted by Gasteiger charge is -2.10. The Morgan fingerprint density at radius 3 is 1.71 bits per heavy atom. The standard InChI is InChI=1S/C23H15N3O5/c27-18-9-5-4-8-17(18)21-25-19(13-6-2-1-3-7-13)24-20(26-21)14-10-15(22(28)29)12-16(11-14)23(30)31/h1-12,27H,(H,28,29)(H,30,31). The van der Waals surface area contributed by atoms with Crippen molar-refractivity contribution in [1.29, 1.82) is 0 Å². The van der Waals surface area contributed by atoms with E-state index < -0.39 is 11.9 Å². The highest BCUT2D eigenvalue weighted by atomic mass is 16.4. The van der Waals surface area contributed by atoms with Crippen LogP contribution in [0.4, 0.5) is 0 Å². The molecule has 152 valence electrons. The van der Waals surface area contributed by atoms with E-state index in [9.17, 15) is 24.9 Å². The molecular weight excluding hydrogens is 398 g/mol. The molecule has 4 rings (SSSR count). The highest BCUT2D eigenvalue weighted by Crippen LogP contribution is 2.30. The van der Waals surface area contributed by atoms with Crippen molar-refractivity contribution >= 4 is 11.9 Å². The largest absolute Gasteiger partial charge is 0.507 e. The molecule has 0 spiro atoms. The van der Waals surface area contributed by atoms with Gasteiger partial charge >= 0.3 is 11.9 Å². The molecule has 1 aromatic heterocycles. The van der Waals surface area contributed by atoms with Crippen molar-refractivity contribution in [3.05, 3.63) is 83.9 Å². The fraction of sp³-hybridized carbons (Fsp3) is 0. The van der Waals surface area contributed by atoms with Crippen LogP contribution in [-0.4, -0.2) is 42.2 Å². The lowest BCUT2D eigenvalue weighted by molar-refractivity contribution is 0.0696. The average Bonchev–Trinajstić information content (AvgIpc) is 2.79. The zero-order chi connectivity index (χ0) is 22.0. The van der Waals surface area contributed by atoms with Crippen LogP contribution in [0.3, 0.4) is 0 Å². The lowest BCUT2D eigenvalue weighted by Crippen LogP contribution is -2.05. The van der Waals surface area contributed by atoms with Crippen LogP contribution in [0, 0.1) is 0 Å². The number of aromatic nitrogens is 3. The van der Waals surface area contributed by atoms with Gasteiger partial charge in [0.05, 0.1) is 16.7 Å². The molecular formula is C23H15N3O5. The normalized spacial score (nSPS) is 10.6. The summed E-state index contributed by atoms with van der Waals surface area (Å²) < 4.78 is 0. The number of benzene rings is 3. The molecule has 0 atom stereocenters. The van der Waals surface area contributed by atoms with E-state index >= 15 is 0 Å². The summed E-state index contributed by atoms with van der Waals surface area (Å²) in [6, 6.07) is 19.2. The molecule has 4 aromatic rings. The minimum Gasteiger partial charge on any atom is -0.507 e. The van der Waals surface area contributed by atoms with E-state index in [1.165, 1.54) is 18.2 Å². The van der Waals surface area contributed by atoms with Crippen molar-refractivity contribution in [3.63, 3.8) is 0 Å². The summed E-state index contributed by atoms with van der Waals surface area (Å²) in [6.07, 6.45) is 0. The first-order valence-corrected chi connectivity index (χ1v) is 9.14. The number of phenolic OH excluding ortho intramolecular Hbond substituents is 1. The third kappa shape index (κ3) is 4.08.